The minimum Gasteiger partial charge on any atom is -0.460 e. The van der Waals surface area contributed by atoms with Crippen molar-refractivity contribution in [1.29, 1.82) is 0 Å². The summed E-state index contributed by atoms with van der Waals surface area (Å²) < 4.78 is 5.88. The van der Waals surface area contributed by atoms with Gasteiger partial charge in [-0.15, -0.1) is 12.4 Å². The summed E-state index contributed by atoms with van der Waals surface area (Å²) in [5, 5.41) is 4.20. The fraction of sp³-hybridized carbons (Fsp3) is 0.368. The van der Waals surface area contributed by atoms with Crippen molar-refractivity contribution in [2.24, 2.45) is 0 Å². The minimum absolute atomic E-state index is 0. The van der Waals surface area contributed by atoms with Crippen LogP contribution in [0.15, 0.2) is 52.5 Å². The Bertz CT molecular complexity index is 648. The largest absolute Gasteiger partial charge is 0.460 e. The number of hydrogen-bond donors (Lipinski definition) is 1. The summed E-state index contributed by atoms with van der Waals surface area (Å²) in [5.74, 6) is 1.84. The van der Waals surface area contributed by atoms with Gasteiger partial charge in [0.25, 0.3) is 0 Å². The zero-order valence-electron chi connectivity index (χ0n) is 13.2. The van der Waals surface area contributed by atoms with Crippen LogP contribution < -0.4 is 5.32 Å². The number of nitrogens with one attached hydrogen (secondary N) is 1. The zero-order chi connectivity index (χ0) is 15.2. The Kier molecular flexibility index (Phi) is 7.22. The quantitative estimate of drug-likeness (QED) is 0.509. The Labute approximate surface area is 149 Å². The number of benzene rings is 1. The van der Waals surface area contributed by atoms with E-state index in [-0.39, 0.29) is 12.4 Å². The maximum atomic E-state index is 6.02. The van der Waals surface area contributed by atoms with E-state index in [0.29, 0.717) is 0 Å². The lowest BCUT2D eigenvalue weighted by Gasteiger charge is -2.12. The van der Waals surface area contributed by atoms with Crippen LogP contribution in [0.4, 0.5) is 0 Å². The summed E-state index contributed by atoms with van der Waals surface area (Å²) in [5.41, 5.74) is 2.63. The number of rotatable bonds is 6. The first-order valence-electron chi connectivity index (χ1n) is 8.04. The summed E-state index contributed by atoms with van der Waals surface area (Å²) in [6.45, 7) is 1.78. The number of halogens is 2. The van der Waals surface area contributed by atoms with Crippen LogP contribution >= 0.6 is 24.0 Å². The summed E-state index contributed by atoms with van der Waals surface area (Å²) in [7, 11) is 0. The van der Waals surface area contributed by atoms with Gasteiger partial charge in [0.05, 0.1) is 6.54 Å². The third-order valence-electron chi connectivity index (χ3n) is 4.08. The van der Waals surface area contributed by atoms with E-state index < -0.39 is 0 Å². The molecule has 0 unspecified atom stereocenters. The first-order valence-corrected chi connectivity index (χ1v) is 8.42. The van der Waals surface area contributed by atoms with Gasteiger partial charge in [-0.05, 0) is 62.9 Å². The van der Waals surface area contributed by atoms with Crippen LogP contribution in [0.2, 0.25) is 5.02 Å². The van der Waals surface area contributed by atoms with E-state index in [4.69, 9.17) is 16.0 Å². The van der Waals surface area contributed by atoms with Gasteiger partial charge in [0.15, 0.2) is 0 Å². The SMILES string of the molecule is Cl.Clc1cccc(-c2ccc(CNCCC3=CCCCC3)o2)c1. The molecule has 0 saturated heterocycles. The summed E-state index contributed by atoms with van der Waals surface area (Å²) in [6, 6.07) is 11.8. The lowest BCUT2D eigenvalue weighted by atomic mass is 9.97. The maximum Gasteiger partial charge on any atom is 0.134 e. The van der Waals surface area contributed by atoms with Crippen molar-refractivity contribution < 1.29 is 4.42 Å². The molecular formula is C19H23Cl2NO. The van der Waals surface area contributed by atoms with Gasteiger partial charge in [-0.25, -0.2) is 0 Å². The number of allylic oxidation sites excluding steroid dienone is 1. The van der Waals surface area contributed by atoms with E-state index in [2.05, 4.69) is 11.4 Å². The van der Waals surface area contributed by atoms with E-state index in [1.807, 2.05) is 36.4 Å². The lowest BCUT2D eigenvalue weighted by molar-refractivity contribution is 0.493. The Morgan fingerprint density at radius 1 is 1.13 bits per heavy atom. The van der Waals surface area contributed by atoms with Gasteiger partial charge < -0.3 is 9.73 Å². The molecule has 0 saturated carbocycles. The number of furan rings is 1. The van der Waals surface area contributed by atoms with Crippen molar-refractivity contribution >= 4 is 24.0 Å². The highest BCUT2D eigenvalue weighted by atomic mass is 35.5. The molecule has 4 heteroatoms. The molecule has 0 atom stereocenters. The van der Waals surface area contributed by atoms with Crippen molar-refractivity contribution in [2.75, 3.05) is 6.54 Å². The van der Waals surface area contributed by atoms with Crippen LogP contribution in [0.3, 0.4) is 0 Å². The van der Waals surface area contributed by atoms with Gasteiger partial charge in [0, 0.05) is 10.6 Å². The molecule has 0 radical (unpaired) electrons. The standard InChI is InChI=1S/C19H22ClNO.ClH/c20-17-8-4-7-16(13-17)19-10-9-18(22-19)14-21-12-11-15-5-2-1-3-6-15;/h4-5,7-10,13,21H,1-3,6,11-12,14H2;1H. The molecule has 23 heavy (non-hydrogen) atoms. The van der Waals surface area contributed by atoms with Gasteiger partial charge >= 0.3 is 0 Å². The average molecular weight is 352 g/mol. The molecule has 2 aromatic rings. The van der Waals surface area contributed by atoms with Crippen molar-refractivity contribution in [3.05, 3.63) is 58.8 Å². The third-order valence-corrected chi connectivity index (χ3v) is 4.31. The molecule has 0 spiro atoms. The molecule has 0 fully saturated rings. The predicted molar refractivity (Wildman–Crippen MR) is 99.3 cm³/mol. The van der Waals surface area contributed by atoms with Gasteiger partial charge in [0.2, 0.25) is 0 Å². The first kappa shape index (κ1) is 18.1. The van der Waals surface area contributed by atoms with Gasteiger partial charge in [-0.2, -0.15) is 0 Å². The molecule has 1 aliphatic rings. The Morgan fingerprint density at radius 3 is 2.83 bits per heavy atom. The second kappa shape index (κ2) is 9.17. The molecule has 1 N–H and O–H groups in total. The van der Waals surface area contributed by atoms with Crippen LogP contribution in [-0.2, 0) is 6.54 Å². The molecule has 2 nitrogen and oxygen atoms in total. The Hall–Kier alpha value is -1.22. The maximum absolute atomic E-state index is 6.02. The first-order chi connectivity index (χ1) is 10.8. The highest BCUT2D eigenvalue weighted by Gasteiger charge is 2.06. The topological polar surface area (TPSA) is 25.2 Å². The van der Waals surface area contributed by atoms with Gasteiger partial charge in [0.1, 0.15) is 11.5 Å². The summed E-state index contributed by atoms with van der Waals surface area (Å²) in [6.07, 6.45) is 8.82. The average Bonchev–Trinajstić information content (AvgIpc) is 3.02. The molecule has 3 rings (SSSR count). The van der Waals surface area contributed by atoms with Gasteiger partial charge in [-0.1, -0.05) is 35.4 Å². The van der Waals surface area contributed by atoms with E-state index in [1.54, 1.807) is 5.57 Å². The fourth-order valence-electron chi connectivity index (χ4n) is 2.86. The van der Waals surface area contributed by atoms with Crippen LogP contribution in [0.5, 0.6) is 0 Å². The molecule has 1 heterocycles. The van der Waals surface area contributed by atoms with E-state index in [0.717, 1.165) is 41.6 Å². The second-order valence-corrected chi connectivity index (χ2v) is 6.25. The van der Waals surface area contributed by atoms with E-state index in [9.17, 15) is 0 Å². The van der Waals surface area contributed by atoms with E-state index in [1.165, 1.54) is 25.7 Å². The molecule has 124 valence electrons. The lowest BCUT2D eigenvalue weighted by Crippen LogP contribution is -2.15. The molecule has 1 aromatic heterocycles. The fourth-order valence-corrected chi connectivity index (χ4v) is 3.05. The normalized spacial score (nSPS) is 14.2. The van der Waals surface area contributed by atoms with Crippen molar-refractivity contribution in [1.82, 2.24) is 5.32 Å². The van der Waals surface area contributed by atoms with Crippen LogP contribution in [0, 0.1) is 0 Å². The van der Waals surface area contributed by atoms with Crippen molar-refractivity contribution in [3.63, 3.8) is 0 Å². The molecular weight excluding hydrogens is 329 g/mol. The molecule has 0 aliphatic heterocycles. The smallest absolute Gasteiger partial charge is 0.134 e. The van der Waals surface area contributed by atoms with Crippen LogP contribution in [0.25, 0.3) is 11.3 Å². The highest BCUT2D eigenvalue weighted by molar-refractivity contribution is 6.30. The second-order valence-electron chi connectivity index (χ2n) is 5.81. The van der Waals surface area contributed by atoms with Gasteiger partial charge in [-0.3, -0.25) is 0 Å². The Morgan fingerprint density at radius 2 is 2.04 bits per heavy atom. The van der Waals surface area contributed by atoms with Crippen molar-refractivity contribution in [2.45, 2.75) is 38.6 Å². The zero-order valence-corrected chi connectivity index (χ0v) is 14.8. The van der Waals surface area contributed by atoms with Crippen molar-refractivity contribution in [3.8, 4) is 11.3 Å². The molecule has 1 aliphatic carbocycles. The molecule has 0 bridgehead atoms. The predicted octanol–water partition coefficient (Wildman–Crippen LogP) is 6.00. The molecule has 1 aromatic carbocycles. The van der Waals surface area contributed by atoms with Crippen LogP contribution in [-0.4, -0.2) is 6.54 Å². The number of hydrogen-bond acceptors (Lipinski definition) is 2. The third kappa shape index (κ3) is 5.42. The summed E-state index contributed by atoms with van der Waals surface area (Å²) >= 11 is 6.02. The Balaban J connectivity index is 0.00000192. The monoisotopic (exact) mass is 351 g/mol. The molecule has 0 amide bonds. The summed E-state index contributed by atoms with van der Waals surface area (Å²) in [4.78, 5) is 0. The minimum atomic E-state index is 0. The van der Waals surface area contributed by atoms with Crippen LogP contribution in [0.1, 0.15) is 37.9 Å². The van der Waals surface area contributed by atoms with E-state index >= 15 is 0 Å². The highest BCUT2D eigenvalue weighted by Crippen LogP contribution is 2.25.